The number of aliphatic imine (C=N–C) groups is 1. The molecule has 2 N–H and O–H groups in total. The molecule has 0 spiro atoms. The van der Waals surface area contributed by atoms with Crippen LogP contribution in [0.4, 0.5) is 8.78 Å². The number of aryl methyl sites for hydroxylation is 1. The largest absolute Gasteiger partial charge is 0.379 e. The van der Waals surface area contributed by atoms with Gasteiger partial charge < -0.3 is 15.4 Å². The van der Waals surface area contributed by atoms with Crippen LogP contribution in [0.1, 0.15) is 33.7 Å². The predicted octanol–water partition coefficient (Wildman–Crippen LogP) is 3.43. The second kappa shape index (κ2) is 9.41. The van der Waals surface area contributed by atoms with Crippen LogP contribution in [0.2, 0.25) is 0 Å². The topological polar surface area (TPSA) is 48.9 Å². The Labute approximate surface area is 180 Å². The summed E-state index contributed by atoms with van der Waals surface area (Å²) in [6.45, 7) is 6.09. The van der Waals surface area contributed by atoms with Gasteiger partial charge in [-0.05, 0) is 37.6 Å². The van der Waals surface area contributed by atoms with E-state index in [4.69, 9.17) is 4.74 Å². The molecule has 1 aliphatic carbocycles. The third kappa shape index (κ3) is 4.82. The van der Waals surface area contributed by atoms with Crippen molar-refractivity contribution in [3.63, 3.8) is 0 Å². The molecule has 162 valence electrons. The van der Waals surface area contributed by atoms with Gasteiger partial charge in [-0.15, -0.1) is 11.3 Å². The quantitative estimate of drug-likeness (QED) is 0.540. The number of halogens is 2. The van der Waals surface area contributed by atoms with Crippen LogP contribution in [-0.4, -0.2) is 56.8 Å². The molecule has 3 atom stereocenters. The van der Waals surface area contributed by atoms with Crippen molar-refractivity contribution in [3.05, 3.63) is 57.3 Å². The zero-order valence-electron chi connectivity index (χ0n) is 17.3. The maximum Gasteiger partial charge on any atom is 0.191 e. The maximum absolute atomic E-state index is 14.1. The van der Waals surface area contributed by atoms with E-state index < -0.39 is 11.6 Å². The Morgan fingerprint density at radius 2 is 1.97 bits per heavy atom. The van der Waals surface area contributed by atoms with Crippen LogP contribution >= 0.6 is 11.3 Å². The van der Waals surface area contributed by atoms with E-state index in [1.54, 1.807) is 7.05 Å². The first-order valence-electron chi connectivity index (χ1n) is 10.4. The second-order valence-corrected chi connectivity index (χ2v) is 9.11. The van der Waals surface area contributed by atoms with E-state index in [2.05, 4.69) is 39.6 Å². The summed E-state index contributed by atoms with van der Waals surface area (Å²) >= 11 is 1.81. The maximum atomic E-state index is 14.1. The smallest absolute Gasteiger partial charge is 0.191 e. The van der Waals surface area contributed by atoms with Gasteiger partial charge in [-0.3, -0.25) is 9.89 Å². The Morgan fingerprint density at radius 1 is 1.23 bits per heavy atom. The Bertz CT molecular complexity index is 877. The van der Waals surface area contributed by atoms with Crippen molar-refractivity contribution < 1.29 is 13.5 Å². The fourth-order valence-corrected chi connectivity index (χ4v) is 5.05. The van der Waals surface area contributed by atoms with Gasteiger partial charge in [0.15, 0.2) is 5.96 Å². The van der Waals surface area contributed by atoms with E-state index in [9.17, 15) is 8.78 Å². The predicted molar refractivity (Wildman–Crippen MR) is 116 cm³/mol. The molecule has 2 heterocycles. The molecule has 30 heavy (non-hydrogen) atoms. The lowest BCUT2D eigenvalue weighted by Gasteiger charge is -2.34. The van der Waals surface area contributed by atoms with Gasteiger partial charge in [0.25, 0.3) is 0 Å². The minimum atomic E-state index is -0.479. The molecule has 2 aliphatic rings. The third-order valence-corrected chi connectivity index (χ3v) is 6.85. The minimum Gasteiger partial charge on any atom is -0.379 e. The van der Waals surface area contributed by atoms with Crippen molar-refractivity contribution in [3.8, 4) is 0 Å². The van der Waals surface area contributed by atoms with Crippen LogP contribution < -0.4 is 10.6 Å². The van der Waals surface area contributed by atoms with Crippen LogP contribution in [0.25, 0.3) is 0 Å². The van der Waals surface area contributed by atoms with Crippen LogP contribution in [0, 0.1) is 18.6 Å². The van der Waals surface area contributed by atoms with Crippen molar-refractivity contribution in [2.24, 2.45) is 4.99 Å². The van der Waals surface area contributed by atoms with Crippen molar-refractivity contribution in [1.82, 2.24) is 15.5 Å². The molecular weight excluding hydrogens is 406 g/mol. The van der Waals surface area contributed by atoms with E-state index in [-0.39, 0.29) is 23.6 Å². The van der Waals surface area contributed by atoms with E-state index in [1.165, 1.54) is 28.0 Å². The highest BCUT2D eigenvalue weighted by Gasteiger charge is 2.42. The summed E-state index contributed by atoms with van der Waals surface area (Å²) in [5.41, 5.74) is 0.172. The number of morpholine rings is 1. The number of benzene rings is 1. The molecule has 2 aromatic rings. The molecule has 1 saturated carbocycles. The number of ether oxygens (including phenoxy) is 1. The molecule has 1 aromatic carbocycles. The summed E-state index contributed by atoms with van der Waals surface area (Å²) in [6.07, 6.45) is 0.690. The molecule has 1 aromatic heterocycles. The highest BCUT2D eigenvalue weighted by atomic mass is 32.1. The molecule has 8 heteroatoms. The first-order chi connectivity index (χ1) is 14.6. The van der Waals surface area contributed by atoms with Gasteiger partial charge in [0.1, 0.15) is 11.6 Å². The Morgan fingerprint density at radius 3 is 2.60 bits per heavy atom. The first kappa shape index (κ1) is 21.2. The number of hydrogen-bond donors (Lipinski definition) is 2. The SMILES string of the molecule is CN=C(NCC(c1ccc(C)s1)N1CCOCC1)NC1CC1c1c(F)cccc1F. The molecule has 1 aliphatic heterocycles. The van der Waals surface area contributed by atoms with Crippen molar-refractivity contribution in [1.29, 1.82) is 0 Å². The second-order valence-electron chi connectivity index (χ2n) is 7.79. The fraction of sp³-hybridized carbons (Fsp3) is 0.500. The van der Waals surface area contributed by atoms with Gasteiger partial charge in [-0.1, -0.05) is 6.07 Å². The third-order valence-electron chi connectivity index (χ3n) is 5.75. The average molecular weight is 435 g/mol. The molecule has 0 bridgehead atoms. The minimum absolute atomic E-state index is 0.0200. The van der Waals surface area contributed by atoms with Gasteiger partial charge in [0.05, 0.1) is 19.3 Å². The number of hydrogen-bond acceptors (Lipinski definition) is 4. The van der Waals surface area contributed by atoms with Gasteiger partial charge in [0, 0.05) is 54.0 Å². The van der Waals surface area contributed by atoms with Crippen LogP contribution in [-0.2, 0) is 4.74 Å². The van der Waals surface area contributed by atoms with Crippen LogP contribution in [0.3, 0.4) is 0 Å². The van der Waals surface area contributed by atoms with E-state index in [1.807, 2.05) is 11.3 Å². The molecule has 5 nitrogen and oxygen atoms in total. The summed E-state index contributed by atoms with van der Waals surface area (Å²) in [5, 5.41) is 6.75. The standard InChI is InChI=1S/C22H28F2N4OS/c1-14-6-7-20(30-14)19(28-8-10-29-11-9-28)13-26-22(25-2)27-18-12-15(18)21-16(23)4-3-5-17(21)24/h3-7,15,18-19H,8-13H2,1-2H3,(H2,25,26,27). The Kier molecular flexibility index (Phi) is 6.65. The lowest BCUT2D eigenvalue weighted by Crippen LogP contribution is -2.46. The van der Waals surface area contributed by atoms with Crippen molar-refractivity contribution in [2.45, 2.75) is 31.3 Å². The van der Waals surface area contributed by atoms with Crippen molar-refractivity contribution in [2.75, 3.05) is 39.9 Å². The fourth-order valence-electron chi connectivity index (χ4n) is 4.03. The van der Waals surface area contributed by atoms with Crippen molar-refractivity contribution >= 4 is 17.3 Å². The summed E-state index contributed by atoms with van der Waals surface area (Å²) in [5.74, 6) is -0.467. The first-order valence-corrected chi connectivity index (χ1v) is 11.2. The molecule has 4 rings (SSSR count). The molecule has 1 saturated heterocycles. The highest BCUT2D eigenvalue weighted by molar-refractivity contribution is 7.12. The number of rotatable bonds is 6. The number of nitrogens with zero attached hydrogens (tertiary/aromatic N) is 2. The number of nitrogens with one attached hydrogen (secondary N) is 2. The molecule has 3 unspecified atom stereocenters. The van der Waals surface area contributed by atoms with E-state index in [0.29, 0.717) is 18.9 Å². The number of guanidine groups is 1. The Hall–Kier alpha value is -2.03. The van der Waals surface area contributed by atoms with Crippen LogP contribution in [0.15, 0.2) is 35.3 Å². The molecule has 0 radical (unpaired) electrons. The van der Waals surface area contributed by atoms with Gasteiger partial charge in [0.2, 0.25) is 0 Å². The summed E-state index contributed by atoms with van der Waals surface area (Å²) in [4.78, 5) is 9.36. The molecule has 2 fully saturated rings. The van der Waals surface area contributed by atoms with E-state index >= 15 is 0 Å². The number of thiophene rings is 1. The normalized spacial score (nSPS) is 23.3. The monoisotopic (exact) mass is 434 g/mol. The van der Waals surface area contributed by atoms with Crippen LogP contribution in [0.5, 0.6) is 0 Å². The zero-order chi connectivity index (χ0) is 21.1. The zero-order valence-corrected chi connectivity index (χ0v) is 18.1. The summed E-state index contributed by atoms with van der Waals surface area (Å²) in [7, 11) is 1.72. The summed E-state index contributed by atoms with van der Waals surface area (Å²) in [6, 6.07) is 8.58. The highest BCUT2D eigenvalue weighted by Crippen LogP contribution is 2.43. The van der Waals surface area contributed by atoms with Gasteiger partial charge >= 0.3 is 0 Å². The molecule has 0 amide bonds. The lowest BCUT2D eigenvalue weighted by atomic mass is 10.1. The average Bonchev–Trinajstić information content (AvgIpc) is 3.36. The summed E-state index contributed by atoms with van der Waals surface area (Å²) < 4.78 is 33.6. The van der Waals surface area contributed by atoms with Gasteiger partial charge in [-0.2, -0.15) is 0 Å². The van der Waals surface area contributed by atoms with Gasteiger partial charge in [-0.25, -0.2) is 8.78 Å². The molecular formula is C22H28F2N4OS. The lowest BCUT2D eigenvalue weighted by molar-refractivity contribution is 0.0177. The Balaban J connectivity index is 1.38. The van der Waals surface area contributed by atoms with E-state index in [0.717, 1.165) is 26.3 Å².